The van der Waals surface area contributed by atoms with Crippen LogP contribution in [0.4, 0.5) is 0 Å². The lowest BCUT2D eigenvalue weighted by Crippen LogP contribution is -2.26. The van der Waals surface area contributed by atoms with Gasteiger partial charge in [-0.25, -0.2) is 0 Å². The number of ether oxygens (including phenoxy) is 1. The molecule has 0 N–H and O–H groups in total. The Kier molecular flexibility index (Phi) is 6.00. The third kappa shape index (κ3) is 4.22. The second-order valence-electron chi connectivity index (χ2n) is 3.92. The first-order valence-corrected chi connectivity index (χ1v) is 6.23. The fraction of sp³-hybridized carbons (Fsp3) is 0.900. The predicted molar refractivity (Wildman–Crippen MR) is 58.5 cm³/mol. The van der Waals surface area contributed by atoms with E-state index in [4.69, 9.17) is 0 Å². The molecule has 0 heterocycles. The van der Waals surface area contributed by atoms with E-state index in [2.05, 4.69) is 4.74 Å². The third-order valence-electron chi connectivity index (χ3n) is 2.37. The summed E-state index contributed by atoms with van der Waals surface area (Å²) >= 11 is 0. The first kappa shape index (κ1) is 13.6. The van der Waals surface area contributed by atoms with Crippen molar-refractivity contribution in [2.75, 3.05) is 12.9 Å². The number of esters is 1. The van der Waals surface area contributed by atoms with Gasteiger partial charge in [0, 0.05) is 21.8 Å². The highest BCUT2D eigenvalue weighted by molar-refractivity contribution is 7.85. The molecule has 0 aliphatic heterocycles. The lowest BCUT2D eigenvalue weighted by atomic mass is 10.2. The quantitative estimate of drug-likeness (QED) is 0.661. The smallest absolute Gasteiger partial charge is 0.309 e. The van der Waals surface area contributed by atoms with E-state index >= 15 is 0 Å². The van der Waals surface area contributed by atoms with Crippen molar-refractivity contribution in [2.45, 2.75) is 32.9 Å². The number of carbonyl (C=O) groups excluding carboxylic acids is 1. The summed E-state index contributed by atoms with van der Waals surface area (Å²) in [6, 6.07) is 0. The van der Waals surface area contributed by atoms with Gasteiger partial charge in [0.25, 0.3) is 0 Å². The Labute approximate surface area is 88.7 Å². The zero-order valence-electron chi connectivity index (χ0n) is 9.57. The zero-order valence-corrected chi connectivity index (χ0v) is 10.4. The minimum Gasteiger partial charge on any atom is -0.469 e. The third-order valence-corrected chi connectivity index (χ3v) is 4.57. The van der Waals surface area contributed by atoms with Crippen LogP contribution in [0, 0.1) is 11.8 Å². The molecule has 3 nitrogen and oxygen atoms in total. The summed E-state index contributed by atoms with van der Waals surface area (Å²) in [5.41, 5.74) is 0. The molecule has 0 spiro atoms. The predicted octanol–water partition coefficient (Wildman–Crippen LogP) is 1.59. The highest BCUT2D eigenvalue weighted by atomic mass is 32.2. The highest BCUT2D eigenvalue weighted by Crippen LogP contribution is 2.12. The van der Waals surface area contributed by atoms with Gasteiger partial charge in [0.05, 0.1) is 13.0 Å². The Hall–Kier alpha value is -0.380. The molecule has 0 saturated heterocycles. The maximum atomic E-state index is 11.7. The zero-order chi connectivity index (χ0) is 11.3. The van der Waals surface area contributed by atoms with Crippen LogP contribution in [-0.4, -0.2) is 28.3 Å². The number of hydrogen-bond donors (Lipinski definition) is 0. The normalized spacial score (nSPS) is 17.6. The fourth-order valence-electron chi connectivity index (χ4n) is 0.971. The lowest BCUT2D eigenvalue weighted by Gasteiger charge is -2.17. The molecule has 0 aromatic heterocycles. The van der Waals surface area contributed by atoms with Gasteiger partial charge in [-0.15, -0.1) is 0 Å². The molecule has 0 aliphatic carbocycles. The number of methoxy groups -OCH3 is 1. The van der Waals surface area contributed by atoms with Crippen molar-refractivity contribution in [2.24, 2.45) is 11.8 Å². The molecule has 0 rings (SSSR count). The summed E-state index contributed by atoms with van der Waals surface area (Å²) in [4.78, 5) is 11.1. The molecular formula is C10H20O3S. The summed E-state index contributed by atoms with van der Waals surface area (Å²) in [6.45, 7) is 7.76. The summed E-state index contributed by atoms with van der Waals surface area (Å²) in [6.07, 6.45) is 0. The van der Waals surface area contributed by atoms with Gasteiger partial charge in [-0.3, -0.25) is 9.00 Å². The number of rotatable bonds is 5. The van der Waals surface area contributed by atoms with Gasteiger partial charge in [-0.1, -0.05) is 27.7 Å². The summed E-state index contributed by atoms with van der Waals surface area (Å²) in [7, 11) is 0.407. The van der Waals surface area contributed by atoms with Crippen LogP contribution in [-0.2, 0) is 20.3 Å². The van der Waals surface area contributed by atoms with E-state index < -0.39 is 10.8 Å². The average molecular weight is 220 g/mol. The second kappa shape index (κ2) is 6.17. The molecule has 3 unspecified atom stereocenters. The maximum Gasteiger partial charge on any atom is 0.309 e. The minimum atomic E-state index is -0.948. The van der Waals surface area contributed by atoms with E-state index in [9.17, 15) is 9.00 Å². The van der Waals surface area contributed by atoms with E-state index in [1.54, 1.807) is 6.92 Å². The molecule has 0 aliphatic rings. The Balaban J connectivity index is 4.12. The van der Waals surface area contributed by atoms with Gasteiger partial charge < -0.3 is 4.74 Å². The van der Waals surface area contributed by atoms with Gasteiger partial charge in [0.1, 0.15) is 0 Å². The largest absolute Gasteiger partial charge is 0.469 e. The van der Waals surface area contributed by atoms with Crippen molar-refractivity contribution in [1.29, 1.82) is 0 Å². The van der Waals surface area contributed by atoms with Gasteiger partial charge in [0.15, 0.2) is 0 Å². The molecule has 0 fully saturated rings. The summed E-state index contributed by atoms with van der Waals surface area (Å²) in [5, 5.41) is 0.127. The molecule has 0 amide bonds. The standard InChI is InChI=1S/C10H20O3S/c1-7(2)9(4)14(12)6-8(3)10(11)13-5/h7-9H,6H2,1-5H3. The topological polar surface area (TPSA) is 43.4 Å². The Morgan fingerprint density at radius 2 is 1.79 bits per heavy atom. The van der Waals surface area contributed by atoms with Crippen molar-refractivity contribution in [1.82, 2.24) is 0 Å². The van der Waals surface area contributed by atoms with Crippen LogP contribution >= 0.6 is 0 Å². The molecule has 14 heavy (non-hydrogen) atoms. The van der Waals surface area contributed by atoms with E-state index in [0.29, 0.717) is 11.7 Å². The van der Waals surface area contributed by atoms with Crippen LogP contribution in [0.2, 0.25) is 0 Å². The van der Waals surface area contributed by atoms with E-state index in [-0.39, 0.29) is 17.1 Å². The fourth-order valence-corrected chi connectivity index (χ4v) is 2.51. The molecule has 0 radical (unpaired) electrons. The van der Waals surface area contributed by atoms with Crippen LogP contribution in [0.3, 0.4) is 0 Å². The molecule has 0 aromatic carbocycles. The van der Waals surface area contributed by atoms with Crippen LogP contribution < -0.4 is 0 Å². The van der Waals surface area contributed by atoms with E-state index in [0.717, 1.165) is 0 Å². The van der Waals surface area contributed by atoms with Crippen LogP contribution in [0.1, 0.15) is 27.7 Å². The summed E-state index contributed by atoms with van der Waals surface area (Å²) < 4.78 is 16.3. The number of hydrogen-bond acceptors (Lipinski definition) is 3. The van der Waals surface area contributed by atoms with Gasteiger partial charge in [-0.05, 0) is 5.92 Å². The van der Waals surface area contributed by atoms with Crippen molar-refractivity contribution in [3.63, 3.8) is 0 Å². The first-order chi connectivity index (χ1) is 6.40. The van der Waals surface area contributed by atoms with Crippen molar-refractivity contribution < 1.29 is 13.7 Å². The second-order valence-corrected chi connectivity index (χ2v) is 5.76. The van der Waals surface area contributed by atoms with Crippen LogP contribution in [0.15, 0.2) is 0 Å². The first-order valence-electron chi connectivity index (χ1n) is 4.85. The minimum absolute atomic E-state index is 0.127. The molecule has 0 saturated carbocycles. The molecule has 4 heteroatoms. The van der Waals surface area contributed by atoms with Gasteiger partial charge in [-0.2, -0.15) is 0 Å². The monoisotopic (exact) mass is 220 g/mol. The van der Waals surface area contributed by atoms with Crippen molar-refractivity contribution in [3.05, 3.63) is 0 Å². The highest BCUT2D eigenvalue weighted by Gasteiger charge is 2.21. The lowest BCUT2D eigenvalue weighted by molar-refractivity contribution is -0.144. The van der Waals surface area contributed by atoms with Crippen LogP contribution in [0.5, 0.6) is 0 Å². The Morgan fingerprint density at radius 1 is 1.29 bits per heavy atom. The molecule has 84 valence electrons. The average Bonchev–Trinajstić information content (AvgIpc) is 2.14. The van der Waals surface area contributed by atoms with Crippen LogP contribution in [0.25, 0.3) is 0 Å². The SMILES string of the molecule is COC(=O)C(C)CS(=O)C(C)C(C)C. The van der Waals surface area contributed by atoms with E-state index in [1.165, 1.54) is 7.11 Å². The molecule has 3 atom stereocenters. The van der Waals surface area contributed by atoms with Gasteiger partial charge >= 0.3 is 5.97 Å². The summed E-state index contributed by atoms with van der Waals surface area (Å²) in [5.74, 6) is 0.212. The molecule has 0 aromatic rings. The Bertz CT molecular complexity index is 213. The molecule has 0 bridgehead atoms. The van der Waals surface area contributed by atoms with Crippen molar-refractivity contribution >= 4 is 16.8 Å². The van der Waals surface area contributed by atoms with Gasteiger partial charge in [0.2, 0.25) is 0 Å². The van der Waals surface area contributed by atoms with Crippen molar-refractivity contribution in [3.8, 4) is 0 Å². The maximum absolute atomic E-state index is 11.7. The number of carbonyl (C=O) groups is 1. The molecular weight excluding hydrogens is 200 g/mol. The van der Waals surface area contributed by atoms with E-state index in [1.807, 2.05) is 20.8 Å². The Morgan fingerprint density at radius 3 is 2.14 bits per heavy atom.